The Hall–Kier alpha value is -1.12. The molecule has 8 heteroatoms. The van der Waals surface area contributed by atoms with E-state index in [1.807, 2.05) is 25.1 Å². The van der Waals surface area contributed by atoms with Gasteiger partial charge in [0.15, 0.2) is 0 Å². The highest BCUT2D eigenvalue weighted by atomic mass is 32.2. The van der Waals surface area contributed by atoms with Crippen LogP contribution in [-0.2, 0) is 26.5 Å². The summed E-state index contributed by atoms with van der Waals surface area (Å²) in [5, 5.41) is 0. The van der Waals surface area contributed by atoms with Gasteiger partial charge >= 0.3 is 0 Å². The zero-order valence-electron chi connectivity index (χ0n) is 13.1. The molecule has 0 unspecified atom stereocenters. The minimum atomic E-state index is -3.52. The molecule has 0 saturated heterocycles. The van der Waals surface area contributed by atoms with Crippen molar-refractivity contribution in [3.63, 3.8) is 0 Å². The Morgan fingerprint density at radius 1 is 1.14 bits per heavy atom. The number of anilines is 1. The molecule has 6 nitrogen and oxygen atoms in total. The van der Waals surface area contributed by atoms with E-state index < -0.39 is 20.0 Å². The monoisotopic (exact) mass is 346 g/mol. The number of hydrogen-bond donors (Lipinski definition) is 0. The fraction of sp³-hybridized carbons (Fsp3) is 0.571. The number of sulfonamides is 2. The molecule has 1 aliphatic rings. The number of para-hydroxylation sites is 1. The van der Waals surface area contributed by atoms with E-state index in [0.29, 0.717) is 12.1 Å². The van der Waals surface area contributed by atoms with Gasteiger partial charge in [-0.1, -0.05) is 18.2 Å². The van der Waals surface area contributed by atoms with Crippen LogP contribution in [0.3, 0.4) is 0 Å². The molecule has 0 aliphatic carbocycles. The summed E-state index contributed by atoms with van der Waals surface area (Å²) >= 11 is 0. The molecule has 0 bridgehead atoms. The maximum Gasteiger partial charge on any atom is 0.235 e. The molecular weight excluding hydrogens is 324 g/mol. The molecule has 1 aliphatic heterocycles. The van der Waals surface area contributed by atoms with Gasteiger partial charge in [-0.2, -0.15) is 0 Å². The second-order valence-electron chi connectivity index (χ2n) is 5.75. The Balaban J connectivity index is 2.12. The van der Waals surface area contributed by atoms with E-state index in [0.717, 1.165) is 9.87 Å². The van der Waals surface area contributed by atoms with Crippen LogP contribution in [0.2, 0.25) is 0 Å². The van der Waals surface area contributed by atoms with Gasteiger partial charge in [0.1, 0.15) is 0 Å². The maximum absolute atomic E-state index is 12.6. The third-order valence-corrected chi connectivity index (χ3v) is 7.68. The molecule has 0 spiro atoms. The van der Waals surface area contributed by atoms with E-state index in [4.69, 9.17) is 0 Å². The lowest BCUT2D eigenvalue weighted by Crippen LogP contribution is -2.38. The molecule has 1 atom stereocenters. The highest BCUT2D eigenvalue weighted by Gasteiger charge is 2.34. The lowest BCUT2D eigenvalue weighted by molar-refractivity contribution is 0.519. The quantitative estimate of drug-likeness (QED) is 0.772. The van der Waals surface area contributed by atoms with Crippen molar-refractivity contribution < 1.29 is 16.8 Å². The molecule has 1 aromatic rings. The van der Waals surface area contributed by atoms with Crippen LogP contribution < -0.4 is 4.31 Å². The van der Waals surface area contributed by atoms with Gasteiger partial charge in [0.25, 0.3) is 0 Å². The highest BCUT2D eigenvalue weighted by molar-refractivity contribution is 7.93. The second-order valence-corrected chi connectivity index (χ2v) is 10.0. The maximum atomic E-state index is 12.6. The topological polar surface area (TPSA) is 74.8 Å². The summed E-state index contributed by atoms with van der Waals surface area (Å²) in [6, 6.07) is 7.30. The predicted octanol–water partition coefficient (Wildman–Crippen LogP) is 1.05. The molecule has 0 amide bonds. The van der Waals surface area contributed by atoms with E-state index >= 15 is 0 Å². The van der Waals surface area contributed by atoms with Crippen molar-refractivity contribution in [1.82, 2.24) is 4.31 Å². The lowest BCUT2D eigenvalue weighted by Gasteiger charge is -2.24. The van der Waals surface area contributed by atoms with Crippen LogP contribution in [0.1, 0.15) is 18.9 Å². The van der Waals surface area contributed by atoms with E-state index in [2.05, 4.69) is 0 Å². The van der Waals surface area contributed by atoms with Crippen LogP contribution in [-0.4, -0.2) is 52.8 Å². The molecule has 1 aromatic carbocycles. The van der Waals surface area contributed by atoms with Crippen LogP contribution in [0.15, 0.2) is 24.3 Å². The first-order valence-corrected chi connectivity index (χ1v) is 10.4. The Labute approximate surface area is 132 Å². The molecule has 0 aromatic heterocycles. The summed E-state index contributed by atoms with van der Waals surface area (Å²) in [7, 11) is -3.99. The van der Waals surface area contributed by atoms with Gasteiger partial charge in [0, 0.05) is 20.1 Å². The average Bonchev–Trinajstić information content (AvgIpc) is 2.74. The molecule has 0 saturated carbocycles. The third-order valence-electron chi connectivity index (χ3n) is 3.81. The summed E-state index contributed by atoms with van der Waals surface area (Å²) < 4.78 is 51.1. The Kier molecular flexibility index (Phi) is 4.84. The van der Waals surface area contributed by atoms with Crippen molar-refractivity contribution in [2.45, 2.75) is 25.8 Å². The van der Waals surface area contributed by atoms with E-state index in [1.54, 1.807) is 6.07 Å². The fourth-order valence-electron chi connectivity index (χ4n) is 2.67. The van der Waals surface area contributed by atoms with Gasteiger partial charge in [-0.3, -0.25) is 4.31 Å². The van der Waals surface area contributed by atoms with Crippen LogP contribution in [0.25, 0.3) is 0 Å². The lowest BCUT2D eigenvalue weighted by atomic mass is 10.1. The van der Waals surface area contributed by atoms with Gasteiger partial charge in [0.05, 0.1) is 17.2 Å². The number of benzene rings is 1. The Morgan fingerprint density at radius 3 is 2.41 bits per heavy atom. The number of hydrogen-bond acceptors (Lipinski definition) is 4. The summed E-state index contributed by atoms with van der Waals surface area (Å²) in [6.45, 7) is 1.87. The minimum Gasteiger partial charge on any atom is -0.267 e. The van der Waals surface area contributed by atoms with Crippen LogP contribution in [0, 0.1) is 0 Å². The number of rotatable bonds is 6. The van der Waals surface area contributed by atoms with E-state index in [-0.39, 0.29) is 24.0 Å². The molecule has 0 fully saturated rings. The first kappa shape index (κ1) is 17.2. The standard InChI is InChI=1S/C14H22N2O4S2/c1-12-11-13-7-4-5-8-14(13)16(12)22(19,20)10-6-9-21(17,18)15(2)3/h4-5,7-8,12H,6,9-11H2,1-3H3/t12-/m0/s1. The third kappa shape index (κ3) is 3.44. The molecule has 0 N–H and O–H groups in total. The van der Waals surface area contributed by atoms with Crippen molar-refractivity contribution in [3.8, 4) is 0 Å². The van der Waals surface area contributed by atoms with Gasteiger partial charge in [-0.05, 0) is 31.4 Å². The molecule has 2 rings (SSSR count). The fourth-order valence-corrected chi connectivity index (χ4v) is 5.53. The van der Waals surface area contributed by atoms with Gasteiger partial charge in [-0.25, -0.2) is 21.1 Å². The summed E-state index contributed by atoms with van der Waals surface area (Å²) in [6.07, 6.45) is 0.777. The molecule has 0 radical (unpaired) electrons. The zero-order valence-corrected chi connectivity index (χ0v) is 14.7. The van der Waals surface area contributed by atoms with E-state index in [9.17, 15) is 16.8 Å². The average molecular weight is 346 g/mol. The van der Waals surface area contributed by atoms with Crippen molar-refractivity contribution in [2.24, 2.45) is 0 Å². The van der Waals surface area contributed by atoms with Crippen molar-refractivity contribution in [3.05, 3.63) is 29.8 Å². The normalized spacial score (nSPS) is 18.7. The SMILES string of the molecule is C[C@H]1Cc2ccccc2N1S(=O)(=O)CCCS(=O)(=O)N(C)C. The minimum absolute atomic E-state index is 0.0915. The summed E-state index contributed by atoms with van der Waals surface area (Å²) in [4.78, 5) is 0. The second kappa shape index (κ2) is 6.17. The van der Waals surface area contributed by atoms with E-state index in [1.165, 1.54) is 18.4 Å². The molecule has 1 heterocycles. The van der Waals surface area contributed by atoms with Crippen LogP contribution in [0.5, 0.6) is 0 Å². The van der Waals surface area contributed by atoms with Crippen molar-refractivity contribution in [2.75, 3.05) is 29.9 Å². The zero-order chi connectivity index (χ0) is 16.5. The van der Waals surface area contributed by atoms with Gasteiger partial charge in [-0.15, -0.1) is 0 Å². The Morgan fingerprint density at radius 2 is 1.77 bits per heavy atom. The smallest absolute Gasteiger partial charge is 0.235 e. The highest BCUT2D eigenvalue weighted by Crippen LogP contribution is 2.34. The Bertz CT molecular complexity index is 742. The van der Waals surface area contributed by atoms with Gasteiger partial charge in [0.2, 0.25) is 20.0 Å². The van der Waals surface area contributed by atoms with Gasteiger partial charge < -0.3 is 0 Å². The van der Waals surface area contributed by atoms with Crippen LogP contribution >= 0.6 is 0 Å². The van der Waals surface area contributed by atoms with Crippen LogP contribution in [0.4, 0.5) is 5.69 Å². The number of nitrogens with zero attached hydrogens (tertiary/aromatic N) is 2. The summed E-state index contributed by atoms with van der Waals surface area (Å²) in [5.41, 5.74) is 1.73. The van der Waals surface area contributed by atoms with Crippen molar-refractivity contribution >= 4 is 25.7 Å². The first-order valence-electron chi connectivity index (χ1n) is 7.15. The van der Waals surface area contributed by atoms with Crippen molar-refractivity contribution in [1.29, 1.82) is 0 Å². The first-order chi connectivity index (χ1) is 10.1. The molecular formula is C14H22N2O4S2. The summed E-state index contributed by atoms with van der Waals surface area (Å²) in [5.74, 6) is -0.332. The molecule has 124 valence electrons. The molecule has 22 heavy (non-hydrogen) atoms. The predicted molar refractivity (Wildman–Crippen MR) is 88.0 cm³/mol. The largest absolute Gasteiger partial charge is 0.267 e. The number of fused-ring (bicyclic) bond motifs is 1.